The van der Waals surface area contributed by atoms with E-state index in [0.29, 0.717) is 7.14 Å². The Labute approximate surface area is 190 Å². The monoisotopic (exact) mass is 584 g/mol. The van der Waals surface area contributed by atoms with E-state index in [9.17, 15) is 30.4 Å². The Balaban J connectivity index is 2.13. The Morgan fingerprint density at radius 1 is 0.656 bits per heavy atom. The van der Waals surface area contributed by atoms with Crippen molar-refractivity contribution in [2.75, 3.05) is 0 Å². The maximum atomic E-state index is 14.2. The van der Waals surface area contributed by atoms with Crippen LogP contribution in [-0.4, -0.2) is 8.42 Å². The summed E-state index contributed by atoms with van der Waals surface area (Å²) in [6.45, 7) is 3.86. The van der Waals surface area contributed by atoms with Gasteiger partial charge in [0.2, 0.25) is 5.82 Å². The van der Waals surface area contributed by atoms with Gasteiger partial charge < -0.3 is 0 Å². The van der Waals surface area contributed by atoms with Gasteiger partial charge in [-0.3, -0.25) is 0 Å². The molecule has 0 atom stereocenters. The van der Waals surface area contributed by atoms with Crippen molar-refractivity contribution in [3.05, 3.63) is 95.9 Å². The normalized spacial score (nSPS) is 11.9. The van der Waals surface area contributed by atoms with E-state index in [1.54, 1.807) is 48.5 Å². The van der Waals surface area contributed by atoms with Gasteiger partial charge in [0.05, 0.1) is 0 Å². The minimum atomic E-state index is -5.34. The topological polar surface area (TPSA) is 43.4 Å². The number of hydrogen-bond acceptors (Lipinski definition) is 3. The van der Waals surface area contributed by atoms with Crippen molar-refractivity contribution in [3.63, 3.8) is 0 Å². The first-order valence-corrected chi connectivity index (χ1v) is 13.9. The van der Waals surface area contributed by atoms with Crippen molar-refractivity contribution in [1.82, 2.24) is 0 Å². The van der Waals surface area contributed by atoms with E-state index in [1.807, 2.05) is 13.8 Å². The van der Waals surface area contributed by atoms with Crippen LogP contribution in [0.3, 0.4) is 0 Å². The average Bonchev–Trinajstić information content (AvgIpc) is 2.80. The third-order valence-corrected chi connectivity index (χ3v) is 12.0. The van der Waals surface area contributed by atoms with Gasteiger partial charge in [0.15, 0.2) is 35.3 Å². The van der Waals surface area contributed by atoms with Crippen molar-refractivity contribution in [2.24, 2.45) is 0 Å². The lowest BCUT2D eigenvalue weighted by Gasteiger charge is -2.10. The Morgan fingerprint density at radius 3 is 1.34 bits per heavy atom. The van der Waals surface area contributed by atoms with Crippen LogP contribution in [0.25, 0.3) is 0 Å². The van der Waals surface area contributed by atoms with E-state index in [4.69, 9.17) is 2.51 Å². The van der Waals surface area contributed by atoms with E-state index < -0.39 is 64.3 Å². The molecule has 0 aromatic heterocycles. The van der Waals surface area contributed by atoms with Gasteiger partial charge >= 0.3 is 30.4 Å². The molecule has 3 rings (SSSR count). The molecular formula is C22H18F5IO3S+. The predicted molar refractivity (Wildman–Crippen MR) is 104 cm³/mol. The third kappa shape index (κ3) is 4.81. The Kier molecular flexibility index (Phi) is 7.56. The lowest BCUT2D eigenvalue weighted by molar-refractivity contribution is -1.03. The van der Waals surface area contributed by atoms with Gasteiger partial charge in [0.1, 0.15) is 0 Å². The summed E-state index contributed by atoms with van der Waals surface area (Å²) in [6, 6.07) is 13.6. The summed E-state index contributed by atoms with van der Waals surface area (Å²) in [4.78, 5) is -1.99. The smallest absolute Gasteiger partial charge is 0.202 e. The fraction of sp³-hybridized carbons (Fsp3) is 0.182. The van der Waals surface area contributed by atoms with Gasteiger partial charge in [0.25, 0.3) is 0 Å². The number of aryl methyl sites for hydroxylation is 2. The lowest BCUT2D eigenvalue weighted by Crippen LogP contribution is -3.85. The number of halogens is 6. The van der Waals surface area contributed by atoms with Crippen LogP contribution in [0.4, 0.5) is 22.0 Å². The molecule has 171 valence electrons. The molecule has 0 heterocycles. The molecule has 0 N–H and O–H groups in total. The molecule has 0 fully saturated rings. The molecule has 0 saturated heterocycles. The second kappa shape index (κ2) is 9.84. The van der Waals surface area contributed by atoms with Gasteiger partial charge in [-0.25, -0.2) is 22.0 Å². The Bertz CT molecular complexity index is 1150. The molecule has 3 aromatic carbocycles. The zero-order valence-corrected chi connectivity index (χ0v) is 19.9. The maximum absolute atomic E-state index is 14.2. The van der Waals surface area contributed by atoms with Gasteiger partial charge in [-0.2, -0.15) is 8.42 Å². The van der Waals surface area contributed by atoms with E-state index in [0.717, 1.165) is 24.0 Å². The average molecular weight is 584 g/mol. The highest BCUT2D eigenvalue weighted by molar-refractivity contribution is 7.86. The minimum absolute atomic E-state index is 0.475. The number of benzene rings is 3. The van der Waals surface area contributed by atoms with Crippen molar-refractivity contribution in [1.29, 1.82) is 0 Å². The molecule has 0 aliphatic carbocycles. The molecule has 0 spiro atoms. The molecule has 1 radical (unpaired) electrons. The first-order chi connectivity index (χ1) is 15.1. The van der Waals surface area contributed by atoms with Crippen molar-refractivity contribution in [3.8, 4) is 0 Å². The standard InChI is InChI=1S/C22H18F5IO3S/c1-3-13-5-9-15(10-6-13)28(16-11-7-14(4-2)8-12-16)31-32(29,30)22-20(26)18(24)17(23)19(25)21(22)27/h5-12H,3-4H2,1-2H3/q+1. The second-order valence-corrected chi connectivity index (χ2v) is 13.1. The maximum Gasteiger partial charge on any atom is 0.342 e. The highest BCUT2D eigenvalue weighted by atomic mass is 127. The van der Waals surface area contributed by atoms with Gasteiger partial charge in [-0.15, -0.1) is 0 Å². The van der Waals surface area contributed by atoms with Crippen LogP contribution in [0.5, 0.6) is 0 Å². The van der Waals surface area contributed by atoms with Crippen LogP contribution in [0.2, 0.25) is 0 Å². The molecule has 0 aliphatic rings. The van der Waals surface area contributed by atoms with Crippen LogP contribution < -0.4 is 20.2 Å². The fourth-order valence-electron chi connectivity index (χ4n) is 2.79. The zero-order chi connectivity index (χ0) is 23.6. The molecule has 3 nitrogen and oxygen atoms in total. The summed E-state index contributed by atoms with van der Waals surface area (Å²) in [5.41, 5.74) is 1.93. The number of rotatable bonds is 7. The first-order valence-electron chi connectivity index (χ1n) is 9.45. The molecule has 10 heteroatoms. The lowest BCUT2D eigenvalue weighted by atomic mass is 10.2. The molecule has 0 saturated carbocycles. The van der Waals surface area contributed by atoms with Crippen LogP contribution in [0, 0.1) is 36.2 Å². The Morgan fingerprint density at radius 2 is 1.00 bits per heavy atom. The van der Waals surface area contributed by atoms with E-state index in [-0.39, 0.29) is 0 Å². The number of hydrogen-bond donors (Lipinski definition) is 0. The summed E-state index contributed by atoms with van der Waals surface area (Å²) in [5.74, 6) is -12.1. The van der Waals surface area contributed by atoms with Gasteiger partial charge in [-0.1, -0.05) is 38.1 Å². The second-order valence-electron chi connectivity index (χ2n) is 6.62. The predicted octanol–water partition coefficient (Wildman–Crippen LogP) is 2.49. The summed E-state index contributed by atoms with van der Waals surface area (Å²) < 4.78 is 101. The molecular weight excluding hydrogens is 566 g/mol. The summed E-state index contributed by atoms with van der Waals surface area (Å²) in [7, 11) is -5.34. The van der Waals surface area contributed by atoms with Gasteiger partial charge in [-0.05, 0) is 50.7 Å². The Hall–Kier alpha value is -2.05. The van der Waals surface area contributed by atoms with Crippen LogP contribution >= 0.6 is 0 Å². The van der Waals surface area contributed by atoms with Crippen molar-refractivity contribution < 1.29 is 53.1 Å². The van der Waals surface area contributed by atoms with E-state index in [2.05, 4.69) is 0 Å². The molecule has 0 amide bonds. The van der Waals surface area contributed by atoms with Crippen LogP contribution in [-0.2, 0) is 25.5 Å². The largest absolute Gasteiger partial charge is 0.342 e. The summed E-state index contributed by atoms with van der Waals surface area (Å²) >= 11 is -3.38. The van der Waals surface area contributed by atoms with Crippen LogP contribution in [0.15, 0.2) is 53.4 Å². The third-order valence-electron chi connectivity index (χ3n) is 4.60. The van der Waals surface area contributed by atoms with Crippen molar-refractivity contribution in [2.45, 2.75) is 31.6 Å². The van der Waals surface area contributed by atoms with Crippen LogP contribution in [0.1, 0.15) is 25.0 Å². The quantitative estimate of drug-likeness (QED) is 0.186. The van der Waals surface area contributed by atoms with Gasteiger partial charge in [0, 0.05) is 0 Å². The SMILES string of the molecule is CCc1ccc([I+](OS(=O)(=O)c2c(F)c(F)c(F)c(F)c2F)c2ccc(CC)cc2)cc1. The summed E-state index contributed by atoms with van der Waals surface area (Å²) in [5, 5.41) is 0. The molecule has 32 heavy (non-hydrogen) atoms. The molecule has 0 unspecified atom stereocenters. The van der Waals surface area contributed by atoms with Crippen molar-refractivity contribution >= 4 is 10.1 Å². The highest BCUT2D eigenvalue weighted by Gasteiger charge is 2.43. The van der Waals surface area contributed by atoms with E-state index >= 15 is 0 Å². The first kappa shape index (κ1) is 24.6. The molecule has 3 aromatic rings. The summed E-state index contributed by atoms with van der Waals surface area (Å²) in [6.07, 6.45) is 1.45. The molecule has 0 aliphatic heterocycles. The zero-order valence-electron chi connectivity index (χ0n) is 16.9. The fourth-order valence-corrected chi connectivity index (χ4v) is 9.73. The highest BCUT2D eigenvalue weighted by Crippen LogP contribution is 2.27. The minimum Gasteiger partial charge on any atom is -0.202 e. The van der Waals surface area contributed by atoms with E-state index in [1.165, 1.54) is 0 Å². The molecule has 0 bridgehead atoms.